The van der Waals surface area contributed by atoms with Crippen molar-refractivity contribution < 1.29 is 15.0 Å². The maximum absolute atomic E-state index is 12.4. The summed E-state index contributed by atoms with van der Waals surface area (Å²) in [6.45, 7) is 0.594. The van der Waals surface area contributed by atoms with E-state index in [0.717, 1.165) is 18.4 Å². The van der Waals surface area contributed by atoms with Gasteiger partial charge in [-0.1, -0.05) is 18.1 Å². The number of amides is 2. The van der Waals surface area contributed by atoms with Crippen molar-refractivity contribution in [1.29, 1.82) is 0 Å². The number of hydrogen-bond acceptors (Lipinski definition) is 3. The minimum atomic E-state index is -0.271. The molecule has 118 valence electrons. The van der Waals surface area contributed by atoms with Crippen molar-refractivity contribution in [3.63, 3.8) is 0 Å². The van der Waals surface area contributed by atoms with Crippen LogP contribution in [0.1, 0.15) is 31.2 Å². The van der Waals surface area contributed by atoms with Crippen LogP contribution in [0.3, 0.4) is 0 Å². The van der Waals surface area contributed by atoms with E-state index in [1.54, 1.807) is 23.1 Å². The quantitative estimate of drug-likeness (QED) is 0.743. The molecule has 0 saturated heterocycles. The van der Waals surface area contributed by atoms with E-state index in [1.165, 1.54) is 0 Å². The smallest absolute Gasteiger partial charge is 0.318 e. The molecule has 5 nitrogen and oxygen atoms in total. The zero-order valence-corrected chi connectivity index (χ0v) is 12.5. The van der Waals surface area contributed by atoms with E-state index in [0.29, 0.717) is 19.4 Å². The SMILES string of the molecule is C#CCNC(=O)N(Cc1cccc(O)c1)C1CCC(O)CC1. The first-order valence-electron chi connectivity index (χ1n) is 7.54. The van der Waals surface area contributed by atoms with Gasteiger partial charge in [0, 0.05) is 12.6 Å². The molecule has 0 heterocycles. The van der Waals surface area contributed by atoms with Crippen LogP contribution >= 0.6 is 0 Å². The highest BCUT2D eigenvalue weighted by Crippen LogP contribution is 2.25. The summed E-state index contributed by atoms with van der Waals surface area (Å²) < 4.78 is 0. The number of phenols is 1. The number of nitrogens with one attached hydrogen (secondary N) is 1. The Balaban J connectivity index is 2.10. The summed E-state index contributed by atoms with van der Waals surface area (Å²) in [6.07, 6.45) is 7.86. The number of rotatable bonds is 4. The van der Waals surface area contributed by atoms with Crippen molar-refractivity contribution in [1.82, 2.24) is 10.2 Å². The summed E-state index contributed by atoms with van der Waals surface area (Å²) >= 11 is 0. The van der Waals surface area contributed by atoms with Crippen LogP contribution in [-0.4, -0.2) is 39.8 Å². The highest BCUT2D eigenvalue weighted by atomic mass is 16.3. The molecule has 22 heavy (non-hydrogen) atoms. The zero-order chi connectivity index (χ0) is 15.9. The molecule has 1 aliphatic carbocycles. The van der Waals surface area contributed by atoms with Crippen molar-refractivity contribution in [3.8, 4) is 18.1 Å². The van der Waals surface area contributed by atoms with Crippen LogP contribution in [0, 0.1) is 12.3 Å². The Morgan fingerprint density at radius 2 is 2.09 bits per heavy atom. The van der Waals surface area contributed by atoms with E-state index in [2.05, 4.69) is 11.2 Å². The number of phenolic OH excluding ortho intramolecular Hbond substituents is 1. The van der Waals surface area contributed by atoms with Gasteiger partial charge in [-0.2, -0.15) is 0 Å². The van der Waals surface area contributed by atoms with Gasteiger partial charge in [0.15, 0.2) is 0 Å². The van der Waals surface area contributed by atoms with Crippen molar-refractivity contribution in [2.45, 2.75) is 44.4 Å². The third-order valence-electron chi connectivity index (χ3n) is 3.97. The largest absolute Gasteiger partial charge is 0.508 e. The number of nitrogens with zero attached hydrogens (tertiary/aromatic N) is 1. The minimum Gasteiger partial charge on any atom is -0.508 e. The highest BCUT2D eigenvalue weighted by molar-refractivity contribution is 5.74. The monoisotopic (exact) mass is 302 g/mol. The van der Waals surface area contributed by atoms with Crippen LogP contribution in [0.4, 0.5) is 4.79 Å². The molecule has 0 spiro atoms. The number of aromatic hydroxyl groups is 1. The Kier molecular flexibility index (Phi) is 5.68. The third-order valence-corrected chi connectivity index (χ3v) is 3.97. The molecule has 1 fully saturated rings. The van der Waals surface area contributed by atoms with Crippen LogP contribution in [-0.2, 0) is 6.54 Å². The molecule has 2 rings (SSSR count). The van der Waals surface area contributed by atoms with Crippen LogP contribution in [0.25, 0.3) is 0 Å². The zero-order valence-electron chi connectivity index (χ0n) is 12.5. The lowest BCUT2D eigenvalue weighted by atomic mass is 9.92. The number of hydrogen-bond donors (Lipinski definition) is 3. The molecule has 0 unspecified atom stereocenters. The Labute approximate surface area is 130 Å². The van der Waals surface area contributed by atoms with Gasteiger partial charge in [0.05, 0.1) is 12.6 Å². The molecule has 1 aromatic rings. The maximum Gasteiger partial charge on any atom is 0.318 e. The van der Waals surface area contributed by atoms with E-state index in [1.807, 2.05) is 6.07 Å². The van der Waals surface area contributed by atoms with Gasteiger partial charge in [0.1, 0.15) is 5.75 Å². The molecular weight excluding hydrogens is 280 g/mol. The highest BCUT2D eigenvalue weighted by Gasteiger charge is 2.28. The Hall–Kier alpha value is -2.19. The van der Waals surface area contributed by atoms with Crippen LogP contribution in [0.15, 0.2) is 24.3 Å². The molecule has 1 aromatic carbocycles. The average molecular weight is 302 g/mol. The van der Waals surface area contributed by atoms with Crippen molar-refractivity contribution in [3.05, 3.63) is 29.8 Å². The summed E-state index contributed by atoms with van der Waals surface area (Å²) in [5.74, 6) is 2.58. The number of carbonyl (C=O) groups excluding carboxylic acids is 1. The number of urea groups is 1. The minimum absolute atomic E-state index is 0.0727. The molecule has 1 saturated carbocycles. The molecular formula is C17H22N2O3. The fourth-order valence-electron chi connectivity index (χ4n) is 2.82. The van der Waals surface area contributed by atoms with Crippen LogP contribution < -0.4 is 5.32 Å². The third kappa shape index (κ3) is 4.40. The van der Waals surface area contributed by atoms with Gasteiger partial charge in [0.2, 0.25) is 0 Å². The van der Waals surface area contributed by atoms with E-state index in [9.17, 15) is 15.0 Å². The lowest BCUT2D eigenvalue weighted by Gasteiger charge is -2.35. The lowest BCUT2D eigenvalue weighted by molar-refractivity contribution is 0.0820. The number of carbonyl (C=O) groups is 1. The molecule has 0 radical (unpaired) electrons. The van der Waals surface area contributed by atoms with E-state index < -0.39 is 0 Å². The summed E-state index contributed by atoms with van der Waals surface area (Å²) in [6, 6.07) is 6.75. The number of benzene rings is 1. The molecule has 0 aromatic heterocycles. The van der Waals surface area contributed by atoms with Crippen LogP contribution in [0.2, 0.25) is 0 Å². The predicted molar refractivity (Wildman–Crippen MR) is 84.1 cm³/mol. The molecule has 0 bridgehead atoms. The standard InChI is InChI=1S/C17H22N2O3/c1-2-10-18-17(22)19(14-6-8-15(20)9-7-14)12-13-4-3-5-16(21)11-13/h1,3-5,11,14-15,20-21H,6-10,12H2,(H,18,22). The second-order valence-electron chi connectivity index (χ2n) is 5.62. The number of aliphatic hydroxyl groups excluding tert-OH is 1. The molecule has 3 N–H and O–H groups in total. The molecule has 2 amide bonds. The topological polar surface area (TPSA) is 72.8 Å². The molecule has 0 atom stereocenters. The number of terminal acetylenes is 1. The first-order valence-corrected chi connectivity index (χ1v) is 7.54. The van der Waals surface area contributed by atoms with Crippen molar-refractivity contribution >= 4 is 6.03 Å². The lowest BCUT2D eigenvalue weighted by Crippen LogP contribution is -2.47. The second-order valence-corrected chi connectivity index (χ2v) is 5.62. The summed E-state index contributed by atoms with van der Waals surface area (Å²) in [7, 11) is 0. The average Bonchev–Trinajstić information content (AvgIpc) is 2.51. The fourth-order valence-corrected chi connectivity index (χ4v) is 2.82. The molecule has 5 heteroatoms. The fraction of sp³-hybridized carbons (Fsp3) is 0.471. The van der Waals surface area contributed by atoms with E-state index in [-0.39, 0.29) is 30.5 Å². The van der Waals surface area contributed by atoms with E-state index >= 15 is 0 Å². The summed E-state index contributed by atoms with van der Waals surface area (Å²) in [5, 5.41) is 21.9. The molecule has 1 aliphatic rings. The van der Waals surface area contributed by atoms with Crippen molar-refractivity contribution in [2.24, 2.45) is 0 Å². The maximum atomic E-state index is 12.4. The normalized spacial score (nSPS) is 20.9. The van der Waals surface area contributed by atoms with Gasteiger partial charge in [-0.15, -0.1) is 6.42 Å². The predicted octanol–water partition coefficient (Wildman–Crippen LogP) is 1.84. The summed E-state index contributed by atoms with van der Waals surface area (Å²) in [5.41, 5.74) is 0.863. The van der Waals surface area contributed by atoms with Gasteiger partial charge in [-0.25, -0.2) is 4.79 Å². The van der Waals surface area contributed by atoms with Crippen molar-refractivity contribution in [2.75, 3.05) is 6.54 Å². The first kappa shape index (κ1) is 16.2. The Morgan fingerprint density at radius 1 is 1.36 bits per heavy atom. The van der Waals surface area contributed by atoms with Crippen LogP contribution in [0.5, 0.6) is 5.75 Å². The van der Waals surface area contributed by atoms with Gasteiger partial charge in [-0.05, 0) is 43.4 Å². The first-order chi connectivity index (χ1) is 10.6. The van der Waals surface area contributed by atoms with Gasteiger partial charge < -0.3 is 20.4 Å². The molecule has 0 aliphatic heterocycles. The van der Waals surface area contributed by atoms with Gasteiger partial charge >= 0.3 is 6.03 Å². The van der Waals surface area contributed by atoms with Gasteiger partial charge in [-0.3, -0.25) is 0 Å². The summed E-state index contributed by atoms with van der Waals surface area (Å²) in [4.78, 5) is 14.1. The van der Waals surface area contributed by atoms with Gasteiger partial charge in [0.25, 0.3) is 0 Å². The Morgan fingerprint density at radius 3 is 2.73 bits per heavy atom. The number of aliphatic hydroxyl groups is 1. The second kappa shape index (κ2) is 7.71. The van der Waals surface area contributed by atoms with E-state index in [4.69, 9.17) is 6.42 Å². The Bertz CT molecular complexity index is 545.